The highest BCUT2D eigenvalue weighted by Crippen LogP contribution is 2.10. The van der Waals surface area contributed by atoms with Crippen LogP contribution < -0.4 is 10.6 Å². The summed E-state index contributed by atoms with van der Waals surface area (Å²) >= 11 is 0. The van der Waals surface area contributed by atoms with Gasteiger partial charge in [-0.05, 0) is 18.6 Å². The second-order valence-electron chi connectivity index (χ2n) is 6.12. The summed E-state index contributed by atoms with van der Waals surface area (Å²) in [4.78, 5) is 17.9. The van der Waals surface area contributed by atoms with Gasteiger partial charge >= 0.3 is 0 Å². The van der Waals surface area contributed by atoms with Gasteiger partial charge in [0.1, 0.15) is 5.82 Å². The van der Waals surface area contributed by atoms with E-state index in [1.807, 2.05) is 40.6 Å². The predicted octanol–water partition coefficient (Wildman–Crippen LogP) is 0.448. The van der Waals surface area contributed by atoms with Gasteiger partial charge in [0.15, 0.2) is 11.6 Å². The Labute approximate surface area is 147 Å². The Bertz CT molecular complexity index is 754. The molecule has 2 aromatic heterocycles. The minimum Gasteiger partial charge on any atom is -0.356 e. The third-order valence-electron chi connectivity index (χ3n) is 4.43. The summed E-state index contributed by atoms with van der Waals surface area (Å²) in [7, 11) is 1.76. The number of nitrogens with zero attached hydrogens (tertiary/aromatic N) is 5. The maximum Gasteiger partial charge on any atom is 0.222 e. The summed E-state index contributed by atoms with van der Waals surface area (Å²) in [6.45, 7) is 4.16. The monoisotopic (exact) mass is 343 g/mol. The van der Waals surface area contributed by atoms with E-state index in [0.717, 1.165) is 43.4 Å². The van der Waals surface area contributed by atoms with Crippen LogP contribution in [0, 0.1) is 0 Å². The van der Waals surface area contributed by atoms with E-state index < -0.39 is 0 Å². The molecular weight excluding hydrogens is 318 g/mol. The lowest BCUT2D eigenvalue weighted by atomic mass is 10.3. The molecule has 1 fully saturated rings. The molecule has 1 amide bonds. The van der Waals surface area contributed by atoms with Crippen LogP contribution in [0.4, 0.5) is 0 Å². The van der Waals surface area contributed by atoms with Gasteiger partial charge in [-0.3, -0.25) is 14.2 Å². The minimum atomic E-state index is 0.214. The molecule has 2 aromatic rings. The van der Waals surface area contributed by atoms with Crippen molar-refractivity contribution in [1.29, 1.82) is 0 Å². The average Bonchev–Trinajstić information content (AvgIpc) is 3.27. The number of amides is 1. The topological polar surface area (TPSA) is 86.9 Å². The molecule has 1 unspecified atom stereocenters. The number of pyridine rings is 1. The van der Waals surface area contributed by atoms with Gasteiger partial charge in [-0.2, -0.15) is 0 Å². The molecule has 134 valence electrons. The number of likely N-dealkylation sites (tertiary alicyclic amines) is 1. The van der Waals surface area contributed by atoms with Crippen LogP contribution in [-0.2, 0) is 11.2 Å². The second kappa shape index (κ2) is 7.96. The molecule has 2 N–H and O–H groups in total. The van der Waals surface area contributed by atoms with Crippen molar-refractivity contribution in [3.05, 3.63) is 30.2 Å². The molecule has 0 spiro atoms. The number of carbonyl (C=O) groups is 1. The van der Waals surface area contributed by atoms with Crippen molar-refractivity contribution in [2.75, 3.05) is 26.7 Å². The Morgan fingerprint density at radius 3 is 3.08 bits per heavy atom. The number of aliphatic imine (C=N–C) groups is 1. The van der Waals surface area contributed by atoms with Crippen LogP contribution in [0.15, 0.2) is 29.4 Å². The third kappa shape index (κ3) is 4.07. The second-order valence-corrected chi connectivity index (χ2v) is 6.12. The number of rotatable bonds is 5. The lowest BCUT2D eigenvalue weighted by Gasteiger charge is -2.18. The number of nitrogens with one attached hydrogen (secondary N) is 2. The molecule has 25 heavy (non-hydrogen) atoms. The number of fused-ring (bicyclic) bond motifs is 1. The SMILES string of the molecule is CCC(=O)N1CCC(NC(=NC)NCCc2nnc3ccccn23)C1. The van der Waals surface area contributed by atoms with Crippen LogP contribution in [0.1, 0.15) is 25.6 Å². The van der Waals surface area contributed by atoms with Crippen molar-refractivity contribution in [2.24, 2.45) is 4.99 Å². The first-order valence-corrected chi connectivity index (χ1v) is 8.75. The van der Waals surface area contributed by atoms with Crippen molar-refractivity contribution in [2.45, 2.75) is 32.2 Å². The quantitative estimate of drug-likeness (QED) is 0.608. The average molecular weight is 343 g/mol. The Balaban J connectivity index is 1.48. The van der Waals surface area contributed by atoms with E-state index in [1.165, 1.54) is 0 Å². The summed E-state index contributed by atoms with van der Waals surface area (Å²) in [5, 5.41) is 15.1. The van der Waals surface area contributed by atoms with E-state index in [2.05, 4.69) is 25.8 Å². The van der Waals surface area contributed by atoms with Crippen LogP contribution in [0.2, 0.25) is 0 Å². The summed E-state index contributed by atoms with van der Waals surface area (Å²) in [5.41, 5.74) is 0.853. The summed E-state index contributed by atoms with van der Waals surface area (Å²) < 4.78 is 1.99. The van der Waals surface area contributed by atoms with Crippen LogP contribution in [0.25, 0.3) is 5.65 Å². The van der Waals surface area contributed by atoms with Crippen molar-refractivity contribution in [3.8, 4) is 0 Å². The fourth-order valence-corrected chi connectivity index (χ4v) is 3.07. The molecule has 1 aliphatic rings. The summed E-state index contributed by atoms with van der Waals surface area (Å²) in [6, 6.07) is 6.10. The van der Waals surface area contributed by atoms with Crippen LogP contribution in [0.5, 0.6) is 0 Å². The number of carbonyl (C=O) groups excluding carboxylic acids is 1. The van der Waals surface area contributed by atoms with E-state index in [4.69, 9.17) is 0 Å². The fourth-order valence-electron chi connectivity index (χ4n) is 3.07. The van der Waals surface area contributed by atoms with Crippen molar-refractivity contribution in [1.82, 2.24) is 30.1 Å². The lowest BCUT2D eigenvalue weighted by Crippen LogP contribution is -2.45. The number of guanidine groups is 1. The Kier molecular flexibility index (Phi) is 5.47. The molecule has 0 aliphatic carbocycles. The van der Waals surface area contributed by atoms with Crippen molar-refractivity contribution < 1.29 is 4.79 Å². The summed E-state index contributed by atoms with van der Waals surface area (Å²) in [6.07, 6.45) is 4.22. The molecule has 1 atom stereocenters. The lowest BCUT2D eigenvalue weighted by molar-refractivity contribution is -0.129. The zero-order valence-corrected chi connectivity index (χ0v) is 14.8. The maximum absolute atomic E-state index is 11.8. The van der Waals surface area contributed by atoms with Gasteiger partial charge in [0.25, 0.3) is 0 Å². The van der Waals surface area contributed by atoms with Crippen molar-refractivity contribution >= 4 is 17.5 Å². The molecular formula is C17H25N7O. The molecule has 3 rings (SSSR count). The smallest absolute Gasteiger partial charge is 0.222 e. The molecule has 8 heteroatoms. The van der Waals surface area contributed by atoms with Gasteiger partial charge in [0, 0.05) is 51.8 Å². The van der Waals surface area contributed by atoms with Gasteiger partial charge in [0.2, 0.25) is 5.91 Å². The fraction of sp³-hybridized carbons (Fsp3) is 0.529. The zero-order valence-electron chi connectivity index (χ0n) is 14.8. The van der Waals surface area contributed by atoms with Gasteiger partial charge in [-0.15, -0.1) is 10.2 Å². The zero-order chi connectivity index (χ0) is 17.6. The highest BCUT2D eigenvalue weighted by Gasteiger charge is 2.25. The first-order valence-electron chi connectivity index (χ1n) is 8.75. The Morgan fingerprint density at radius 2 is 2.28 bits per heavy atom. The van der Waals surface area contributed by atoms with Gasteiger partial charge in [-0.25, -0.2) is 0 Å². The molecule has 0 radical (unpaired) electrons. The molecule has 0 saturated carbocycles. The first kappa shape index (κ1) is 17.2. The van der Waals surface area contributed by atoms with E-state index >= 15 is 0 Å². The predicted molar refractivity (Wildman–Crippen MR) is 96.5 cm³/mol. The number of aromatic nitrogens is 3. The van der Waals surface area contributed by atoms with Crippen LogP contribution >= 0.6 is 0 Å². The molecule has 0 bridgehead atoms. The van der Waals surface area contributed by atoms with Gasteiger partial charge in [-0.1, -0.05) is 13.0 Å². The standard InChI is InChI=1S/C17H25N7O/c1-3-16(25)23-11-8-13(12-23)20-17(18-2)19-9-7-15-22-21-14-6-4-5-10-24(14)15/h4-6,10,13H,3,7-9,11-12H2,1-2H3,(H2,18,19,20). The van der Waals surface area contributed by atoms with E-state index in [9.17, 15) is 4.79 Å². The Morgan fingerprint density at radius 1 is 1.40 bits per heavy atom. The minimum absolute atomic E-state index is 0.214. The molecule has 3 heterocycles. The summed E-state index contributed by atoms with van der Waals surface area (Å²) in [5.74, 6) is 1.88. The van der Waals surface area contributed by atoms with Crippen molar-refractivity contribution in [3.63, 3.8) is 0 Å². The largest absolute Gasteiger partial charge is 0.356 e. The van der Waals surface area contributed by atoms with Crippen LogP contribution in [-0.4, -0.2) is 64.1 Å². The first-order chi connectivity index (χ1) is 12.2. The molecule has 0 aromatic carbocycles. The Hall–Kier alpha value is -2.64. The number of hydrogen-bond donors (Lipinski definition) is 2. The van der Waals surface area contributed by atoms with Crippen LogP contribution in [0.3, 0.4) is 0 Å². The molecule has 1 saturated heterocycles. The third-order valence-corrected chi connectivity index (χ3v) is 4.43. The van der Waals surface area contributed by atoms with Gasteiger partial charge in [0.05, 0.1) is 0 Å². The molecule has 8 nitrogen and oxygen atoms in total. The number of hydrogen-bond acceptors (Lipinski definition) is 4. The van der Waals surface area contributed by atoms with Gasteiger partial charge < -0.3 is 15.5 Å². The van der Waals surface area contributed by atoms with E-state index in [0.29, 0.717) is 13.0 Å². The molecule has 1 aliphatic heterocycles. The highest BCUT2D eigenvalue weighted by molar-refractivity contribution is 5.80. The maximum atomic E-state index is 11.8. The highest BCUT2D eigenvalue weighted by atomic mass is 16.2. The normalized spacial score (nSPS) is 17.9. The van der Waals surface area contributed by atoms with E-state index in [1.54, 1.807) is 7.05 Å². The van der Waals surface area contributed by atoms with E-state index in [-0.39, 0.29) is 11.9 Å².